The van der Waals surface area contributed by atoms with Crippen LogP contribution in [0.3, 0.4) is 0 Å². The maximum Gasteiger partial charge on any atom is 0.317 e. The first-order valence-electron chi connectivity index (χ1n) is 9.35. The van der Waals surface area contributed by atoms with Crippen LogP contribution in [0.5, 0.6) is 0 Å². The van der Waals surface area contributed by atoms with Crippen LogP contribution in [0.15, 0.2) is 24.3 Å². The highest BCUT2D eigenvalue weighted by atomic mass is 19.1. The zero-order valence-corrected chi connectivity index (χ0v) is 15.5. The van der Waals surface area contributed by atoms with E-state index in [9.17, 15) is 18.8 Å². The van der Waals surface area contributed by atoms with Crippen LogP contribution in [0, 0.1) is 5.82 Å². The lowest BCUT2D eigenvalue weighted by Crippen LogP contribution is -2.62. The minimum absolute atomic E-state index is 0.00867. The zero-order chi connectivity index (χ0) is 19.4. The quantitative estimate of drug-likeness (QED) is 0.858. The Kier molecular flexibility index (Phi) is 5.93. The molecule has 0 radical (unpaired) electrons. The molecule has 2 saturated heterocycles. The van der Waals surface area contributed by atoms with E-state index in [1.165, 1.54) is 17.0 Å². The van der Waals surface area contributed by atoms with Crippen LogP contribution in [0.4, 0.5) is 9.18 Å². The first kappa shape index (κ1) is 19.1. The molecule has 1 N–H and O–H groups in total. The van der Waals surface area contributed by atoms with E-state index in [2.05, 4.69) is 5.32 Å². The van der Waals surface area contributed by atoms with Crippen molar-refractivity contribution in [2.24, 2.45) is 0 Å². The highest BCUT2D eigenvalue weighted by Gasteiger charge is 2.41. The van der Waals surface area contributed by atoms with Gasteiger partial charge in [-0.3, -0.25) is 9.59 Å². The number of carbonyl (C=O) groups is 3. The summed E-state index contributed by atoms with van der Waals surface area (Å²) in [5.41, 5.74) is 0.761. The molecule has 3 rings (SSSR count). The summed E-state index contributed by atoms with van der Waals surface area (Å²) in [7, 11) is 0. The summed E-state index contributed by atoms with van der Waals surface area (Å²) in [6.45, 7) is 3.98. The number of hydrogen-bond donors (Lipinski definition) is 1. The number of urea groups is 1. The molecular formula is C19H25FN4O3. The van der Waals surface area contributed by atoms with Gasteiger partial charge >= 0.3 is 6.03 Å². The second kappa shape index (κ2) is 8.37. The summed E-state index contributed by atoms with van der Waals surface area (Å²) < 4.78 is 13.1. The molecule has 0 spiro atoms. The molecule has 0 aliphatic carbocycles. The number of hydrogen-bond acceptors (Lipinski definition) is 3. The molecular weight excluding hydrogens is 351 g/mol. The Balaban J connectivity index is 1.73. The molecule has 2 fully saturated rings. The number of fused-ring (bicyclic) bond motifs is 1. The maximum atomic E-state index is 13.1. The Morgan fingerprint density at radius 1 is 1.22 bits per heavy atom. The van der Waals surface area contributed by atoms with Crippen molar-refractivity contribution in [3.05, 3.63) is 35.6 Å². The van der Waals surface area contributed by atoms with Crippen LogP contribution in [0.2, 0.25) is 0 Å². The molecule has 0 aromatic heterocycles. The van der Waals surface area contributed by atoms with Crippen molar-refractivity contribution in [1.82, 2.24) is 20.0 Å². The topological polar surface area (TPSA) is 73.0 Å². The molecule has 4 amide bonds. The van der Waals surface area contributed by atoms with Crippen LogP contribution in [-0.4, -0.2) is 71.3 Å². The van der Waals surface area contributed by atoms with Gasteiger partial charge in [-0.05, 0) is 30.5 Å². The van der Waals surface area contributed by atoms with Crippen molar-refractivity contribution in [3.63, 3.8) is 0 Å². The Bertz CT molecular complexity index is 709. The smallest absolute Gasteiger partial charge is 0.317 e. The SMILES string of the molecule is CCCNC(=O)N1CCCN2C(=O)CN(Cc3ccc(F)cc3)C(=O)C2C1. The predicted molar refractivity (Wildman–Crippen MR) is 97.2 cm³/mol. The molecule has 1 aromatic carbocycles. The molecule has 2 aliphatic heterocycles. The fourth-order valence-corrected chi connectivity index (χ4v) is 3.51. The Morgan fingerprint density at radius 2 is 1.96 bits per heavy atom. The van der Waals surface area contributed by atoms with E-state index >= 15 is 0 Å². The third kappa shape index (κ3) is 4.37. The van der Waals surface area contributed by atoms with E-state index in [1.807, 2.05) is 6.92 Å². The average molecular weight is 376 g/mol. The van der Waals surface area contributed by atoms with Gasteiger partial charge in [-0.2, -0.15) is 0 Å². The van der Waals surface area contributed by atoms with E-state index in [1.54, 1.807) is 21.9 Å². The standard InChI is InChI=1S/C19H25FN4O3/c1-2-8-21-19(27)22-9-3-10-24-16(12-22)18(26)23(13-17(24)25)11-14-4-6-15(20)7-5-14/h4-7,16H,2-3,8-13H2,1H3,(H,21,27). The first-order chi connectivity index (χ1) is 13.0. The number of halogens is 1. The highest BCUT2D eigenvalue weighted by Crippen LogP contribution is 2.20. The first-order valence-corrected chi connectivity index (χ1v) is 9.35. The molecule has 1 atom stereocenters. The molecule has 7 nitrogen and oxygen atoms in total. The largest absolute Gasteiger partial charge is 0.338 e. The summed E-state index contributed by atoms with van der Waals surface area (Å²) in [6.07, 6.45) is 1.48. The van der Waals surface area contributed by atoms with Gasteiger partial charge in [-0.25, -0.2) is 9.18 Å². The Labute approximate surface area is 158 Å². The maximum absolute atomic E-state index is 13.1. The van der Waals surface area contributed by atoms with Gasteiger partial charge in [0.25, 0.3) is 0 Å². The van der Waals surface area contributed by atoms with Gasteiger partial charge in [-0.15, -0.1) is 0 Å². The molecule has 1 unspecified atom stereocenters. The molecule has 1 aromatic rings. The second-order valence-corrected chi connectivity index (χ2v) is 6.96. The second-order valence-electron chi connectivity index (χ2n) is 6.96. The monoisotopic (exact) mass is 376 g/mol. The average Bonchev–Trinajstić information content (AvgIpc) is 2.89. The van der Waals surface area contributed by atoms with Gasteiger partial charge in [0.2, 0.25) is 11.8 Å². The number of amides is 4. The van der Waals surface area contributed by atoms with Gasteiger partial charge < -0.3 is 20.0 Å². The van der Waals surface area contributed by atoms with Crippen molar-refractivity contribution in [2.45, 2.75) is 32.4 Å². The number of nitrogens with zero attached hydrogens (tertiary/aromatic N) is 3. The Hall–Kier alpha value is -2.64. The van der Waals surface area contributed by atoms with Crippen LogP contribution < -0.4 is 5.32 Å². The third-order valence-electron chi connectivity index (χ3n) is 4.94. The van der Waals surface area contributed by atoms with E-state index in [0.717, 1.165) is 12.0 Å². The normalized spacial score (nSPS) is 20.4. The summed E-state index contributed by atoms with van der Waals surface area (Å²) in [5, 5.41) is 2.83. The van der Waals surface area contributed by atoms with Crippen molar-refractivity contribution < 1.29 is 18.8 Å². The van der Waals surface area contributed by atoms with Gasteiger partial charge in [0, 0.05) is 26.2 Å². The fraction of sp³-hybridized carbons (Fsp3) is 0.526. The molecule has 146 valence electrons. The molecule has 2 heterocycles. The number of carbonyl (C=O) groups excluding carboxylic acids is 3. The number of rotatable bonds is 4. The summed E-state index contributed by atoms with van der Waals surface area (Å²) in [5.74, 6) is -0.630. The van der Waals surface area contributed by atoms with Crippen LogP contribution in [-0.2, 0) is 16.1 Å². The van der Waals surface area contributed by atoms with Crippen LogP contribution in [0.25, 0.3) is 0 Å². The Morgan fingerprint density at radius 3 is 2.67 bits per heavy atom. The molecule has 27 heavy (non-hydrogen) atoms. The lowest BCUT2D eigenvalue weighted by atomic mass is 10.1. The van der Waals surface area contributed by atoms with Crippen molar-refractivity contribution in [2.75, 3.05) is 32.7 Å². The number of nitrogens with one attached hydrogen (secondary N) is 1. The van der Waals surface area contributed by atoms with E-state index < -0.39 is 6.04 Å². The van der Waals surface area contributed by atoms with E-state index in [0.29, 0.717) is 26.1 Å². The van der Waals surface area contributed by atoms with Crippen molar-refractivity contribution >= 4 is 17.8 Å². The van der Waals surface area contributed by atoms with Crippen LogP contribution >= 0.6 is 0 Å². The third-order valence-corrected chi connectivity index (χ3v) is 4.94. The fourth-order valence-electron chi connectivity index (χ4n) is 3.51. The van der Waals surface area contributed by atoms with Gasteiger partial charge in [-0.1, -0.05) is 19.1 Å². The molecule has 0 bridgehead atoms. The van der Waals surface area contributed by atoms with Crippen molar-refractivity contribution in [3.8, 4) is 0 Å². The van der Waals surface area contributed by atoms with E-state index in [4.69, 9.17) is 0 Å². The number of piperazine rings is 1. The summed E-state index contributed by atoms with van der Waals surface area (Å²) >= 11 is 0. The van der Waals surface area contributed by atoms with E-state index in [-0.39, 0.29) is 43.3 Å². The minimum atomic E-state index is -0.665. The van der Waals surface area contributed by atoms with Crippen LogP contribution in [0.1, 0.15) is 25.3 Å². The molecule has 2 aliphatic rings. The molecule has 0 saturated carbocycles. The van der Waals surface area contributed by atoms with Gasteiger partial charge in [0.15, 0.2) is 0 Å². The zero-order valence-electron chi connectivity index (χ0n) is 15.5. The summed E-state index contributed by atoms with van der Waals surface area (Å²) in [4.78, 5) is 42.6. The summed E-state index contributed by atoms with van der Waals surface area (Å²) in [6, 6.07) is 5.03. The minimum Gasteiger partial charge on any atom is -0.338 e. The van der Waals surface area contributed by atoms with Gasteiger partial charge in [0.1, 0.15) is 18.4 Å². The lowest BCUT2D eigenvalue weighted by Gasteiger charge is -2.40. The van der Waals surface area contributed by atoms with Gasteiger partial charge in [0.05, 0.1) is 6.54 Å². The number of benzene rings is 1. The highest BCUT2D eigenvalue weighted by molar-refractivity contribution is 5.95. The molecule has 8 heteroatoms. The predicted octanol–water partition coefficient (Wildman–Crippen LogP) is 1.19. The van der Waals surface area contributed by atoms with Crippen molar-refractivity contribution in [1.29, 1.82) is 0 Å². The lowest BCUT2D eigenvalue weighted by molar-refractivity contribution is -0.156.